The van der Waals surface area contributed by atoms with Gasteiger partial charge in [-0.3, -0.25) is 4.79 Å². The van der Waals surface area contributed by atoms with Crippen molar-refractivity contribution in [2.24, 2.45) is 5.73 Å². The summed E-state index contributed by atoms with van der Waals surface area (Å²) < 4.78 is 57.0. The third kappa shape index (κ3) is 4.45. The average Bonchev–Trinajstić information content (AvgIpc) is 3.55. The Kier molecular flexibility index (Phi) is 6.54. The van der Waals surface area contributed by atoms with E-state index in [0.29, 0.717) is 44.9 Å². The van der Waals surface area contributed by atoms with E-state index in [0.717, 1.165) is 22.6 Å². The number of thioether (sulfide) groups is 1. The van der Waals surface area contributed by atoms with Crippen molar-refractivity contribution in [2.75, 3.05) is 11.7 Å². The monoisotopic (exact) mass is 587 g/mol. The van der Waals surface area contributed by atoms with Gasteiger partial charge in [0.05, 0.1) is 28.1 Å². The molecule has 2 atom stereocenters. The van der Waals surface area contributed by atoms with Crippen molar-refractivity contribution >= 4 is 46.3 Å². The quantitative estimate of drug-likeness (QED) is 0.251. The maximum atomic E-state index is 16.8. The maximum Gasteiger partial charge on any atom is 0.266 e. The third-order valence-electron chi connectivity index (χ3n) is 6.28. The number of anilines is 1. The molecule has 0 bridgehead atoms. The largest absolute Gasteiger partial charge is 0.467 e. The summed E-state index contributed by atoms with van der Waals surface area (Å²) in [6.45, 7) is -0.126. The molecule has 12 heteroatoms. The number of rotatable bonds is 5. The number of nitrogens with two attached hydrogens (primary N) is 1. The average molecular weight is 588 g/mol. The lowest BCUT2D eigenvalue weighted by molar-refractivity contribution is -0.0430. The number of carbonyl (C=O) groups excluding carboxylic acids is 1. The number of nitrogens with zero attached hydrogens (tertiary/aromatic N) is 2. The van der Waals surface area contributed by atoms with Crippen molar-refractivity contribution in [3.05, 3.63) is 111 Å². The van der Waals surface area contributed by atoms with Crippen LogP contribution in [0.2, 0.25) is 5.02 Å². The van der Waals surface area contributed by atoms with Crippen LogP contribution in [0.3, 0.4) is 0 Å². The Balaban J connectivity index is 1.51. The van der Waals surface area contributed by atoms with E-state index < -0.39 is 34.3 Å². The fraction of sp³-hybridized carbons (Fsp3) is 0.111. The number of ether oxygens (including phenoxy) is 2. The minimum Gasteiger partial charge on any atom is -0.467 e. The summed E-state index contributed by atoms with van der Waals surface area (Å²) in [5.74, 6) is -2.46. The van der Waals surface area contributed by atoms with Crippen molar-refractivity contribution in [2.45, 2.75) is 11.2 Å². The van der Waals surface area contributed by atoms with Gasteiger partial charge in [-0.05, 0) is 41.8 Å². The highest BCUT2D eigenvalue weighted by atomic mass is 35.5. The number of halogens is 4. The molecule has 0 fully saturated rings. The van der Waals surface area contributed by atoms with Gasteiger partial charge >= 0.3 is 0 Å². The molecule has 2 aliphatic rings. The minimum absolute atomic E-state index is 0.0261. The van der Waals surface area contributed by atoms with Crippen LogP contribution in [0.1, 0.15) is 33.3 Å². The lowest BCUT2D eigenvalue weighted by atomic mass is 9.96. The Hall–Kier alpha value is -3.51. The molecule has 0 radical (unpaired) electrons. The molecule has 2 N–H and O–H groups in total. The van der Waals surface area contributed by atoms with Gasteiger partial charge in [-0.2, -0.15) is 0 Å². The molecule has 0 spiro atoms. The minimum atomic E-state index is -2.57. The Bertz CT molecular complexity index is 1630. The maximum absolute atomic E-state index is 16.8. The first-order chi connectivity index (χ1) is 18.8. The van der Waals surface area contributed by atoms with E-state index in [-0.39, 0.29) is 18.0 Å². The number of hydrogen-bond acceptors (Lipinski definition) is 7. The topological polar surface area (TPSA) is 77.7 Å². The molecule has 3 heterocycles. The van der Waals surface area contributed by atoms with Crippen LogP contribution in [0.15, 0.2) is 71.6 Å². The normalized spacial score (nSPS) is 20.1. The summed E-state index contributed by atoms with van der Waals surface area (Å²) in [7, 11) is 0. The van der Waals surface area contributed by atoms with E-state index in [1.54, 1.807) is 23.6 Å². The van der Waals surface area contributed by atoms with Gasteiger partial charge in [0.25, 0.3) is 11.0 Å². The van der Waals surface area contributed by atoms with E-state index in [1.165, 1.54) is 29.0 Å². The molecule has 2 unspecified atom stereocenters. The smallest absolute Gasteiger partial charge is 0.266 e. The number of primary amides is 1. The number of alkyl halides is 1. The highest BCUT2D eigenvalue weighted by Gasteiger charge is 2.47. The number of benzene rings is 3. The van der Waals surface area contributed by atoms with Gasteiger partial charge in [0.1, 0.15) is 28.5 Å². The number of carbonyl (C=O) groups is 1. The fourth-order valence-corrected chi connectivity index (χ4v) is 6.41. The Morgan fingerprint density at radius 2 is 1.95 bits per heavy atom. The summed E-state index contributed by atoms with van der Waals surface area (Å²) >= 11 is 8.03. The molecule has 6 nitrogen and oxygen atoms in total. The molecule has 3 aromatic carbocycles. The molecule has 2 aliphatic heterocycles. The van der Waals surface area contributed by atoms with Gasteiger partial charge < -0.3 is 20.1 Å². The van der Waals surface area contributed by atoms with Crippen LogP contribution in [0.25, 0.3) is 10.6 Å². The van der Waals surface area contributed by atoms with Crippen LogP contribution in [-0.2, 0) is 9.86 Å². The van der Waals surface area contributed by atoms with E-state index in [4.69, 9.17) is 31.8 Å². The van der Waals surface area contributed by atoms with E-state index in [1.807, 2.05) is 12.1 Å². The summed E-state index contributed by atoms with van der Waals surface area (Å²) in [4.78, 5) is 18.4. The summed E-state index contributed by atoms with van der Waals surface area (Å²) in [6.07, 6.45) is 0.489. The molecule has 1 amide bonds. The zero-order valence-electron chi connectivity index (χ0n) is 19.7. The second kappa shape index (κ2) is 9.91. The van der Waals surface area contributed by atoms with Gasteiger partial charge in [-0.15, -0.1) is 11.3 Å². The Morgan fingerprint density at radius 1 is 1.15 bits per heavy atom. The molecule has 0 saturated heterocycles. The molecule has 0 saturated carbocycles. The molecule has 1 aromatic heterocycles. The molecule has 4 aromatic rings. The van der Waals surface area contributed by atoms with Crippen molar-refractivity contribution in [3.8, 4) is 16.3 Å². The number of amides is 1. The Morgan fingerprint density at radius 3 is 2.69 bits per heavy atom. The van der Waals surface area contributed by atoms with Crippen LogP contribution in [0.4, 0.5) is 18.9 Å². The van der Waals surface area contributed by atoms with Gasteiger partial charge in [0.15, 0.2) is 6.79 Å². The van der Waals surface area contributed by atoms with Gasteiger partial charge in [-0.1, -0.05) is 35.5 Å². The van der Waals surface area contributed by atoms with E-state index in [9.17, 15) is 13.6 Å². The van der Waals surface area contributed by atoms with Gasteiger partial charge in [0.2, 0.25) is 0 Å². The summed E-state index contributed by atoms with van der Waals surface area (Å²) in [6, 6.07) is 12.7. The first kappa shape index (κ1) is 25.8. The Labute approximate surface area is 233 Å². The van der Waals surface area contributed by atoms with E-state index in [2.05, 4.69) is 0 Å². The second-order valence-electron chi connectivity index (χ2n) is 8.59. The first-order valence-electron chi connectivity index (χ1n) is 11.5. The van der Waals surface area contributed by atoms with Gasteiger partial charge in [0, 0.05) is 28.2 Å². The van der Waals surface area contributed by atoms with E-state index >= 15 is 4.39 Å². The summed E-state index contributed by atoms with van der Waals surface area (Å²) in [5.41, 5.74) is 6.89. The number of aromatic nitrogens is 1. The van der Waals surface area contributed by atoms with Crippen molar-refractivity contribution in [1.29, 1.82) is 0 Å². The first-order valence-corrected chi connectivity index (χ1v) is 13.6. The number of hydrogen-bond donors (Lipinski definition) is 1. The standard InChI is InChI=1S/C27H17ClF3N3O3S2/c28-15-3-1-14(2-4-15)26-33-20(12-38-26)24-22-21(36-13-37-24)8-6-17(25(32)35)23(22)34-9-10-39-27(34,31)18-7-5-16(29)11-19(18)30/h1-12,24H,13H2,(H2,32,35). The highest BCUT2D eigenvalue weighted by molar-refractivity contribution is 8.03. The van der Waals surface area contributed by atoms with Crippen molar-refractivity contribution in [3.63, 3.8) is 0 Å². The van der Waals surface area contributed by atoms with Crippen LogP contribution >= 0.6 is 34.7 Å². The molecular formula is C27H17ClF3N3O3S2. The van der Waals surface area contributed by atoms with Crippen molar-refractivity contribution < 1.29 is 27.4 Å². The lowest BCUT2D eigenvalue weighted by Gasteiger charge is -2.37. The van der Waals surface area contributed by atoms with Crippen LogP contribution in [0, 0.1) is 11.6 Å². The molecule has 39 heavy (non-hydrogen) atoms. The number of thiazole rings is 1. The predicted octanol–water partition coefficient (Wildman–Crippen LogP) is 7.10. The zero-order valence-corrected chi connectivity index (χ0v) is 22.1. The predicted molar refractivity (Wildman–Crippen MR) is 144 cm³/mol. The third-order valence-corrected chi connectivity index (χ3v) is 8.43. The molecular weight excluding hydrogens is 571 g/mol. The second-order valence-corrected chi connectivity index (χ2v) is 10.9. The fourth-order valence-electron chi connectivity index (χ4n) is 4.53. The summed E-state index contributed by atoms with van der Waals surface area (Å²) in [5, 5.41) is 1.91. The van der Waals surface area contributed by atoms with Crippen molar-refractivity contribution in [1.82, 2.24) is 4.98 Å². The molecule has 198 valence electrons. The SMILES string of the molecule is NC(=O)c1ccc2c(c1N1C=CSC1(F)c1ccc(F)cc1F)C(c1csc(-c3ccc(Cl)cc3)n1)OCO2. The lowest BCUT2D eigenvalue weighted by Crippen LogP contribution is -2.37. The van der Waals surface area contributed by atoms with Crippen LogP contribution in [-0.4, -0.2) is 17.7 Å². The molecule has 0 aliphatic carbocycles. The van der Waals surface area contributed by atoms with Gasteiger partial charge in [-0.25, -0.2) is 18.2 Å². The number of fused-ring (bicyclic) bond motifs is 1. The van der Waals surface area contributed by atoms with Crippen LogP contribution < -0.4 is 15.4 Å². The zero-order chi connectivity index (χ0) is 27.3. The molecule has 6 rings (SSSR count). The highest BCUT2D eigenvalue weighted by Crippen LogP contribution is 2.54. The van der Waals surface area contributed by atoms with Crippen LogP contribution in [0.5, 0.6) is 5.75 Å².